The number of rotatable bonds is 9. The summed E-state index contributed by atoms with van der Waals surface area (Å²) in [5, 5.41) is 0. The van der Waals surface area contributed by atoms with Crippen molar-refractivity contribution in [1.29, 1.82) is 0 Å². The minimum absolute atomic E-state index is 0.493. The van der Waals surface area contributed by atoms with Crippen molar-refractivity contribution in [2.24, 2.45) is 5.92 Å². The third-order valence-electron chi connectivity index (χ3n) is 3.00. The van der Waals surface area contributed by atoms with E-state index in [9.17, 15) is 0 Å². The Morgan fingerprint density at radius 1 is 1.28 bits per heavy atom. The molecular weight excluding hydrogens is 312 g/mol. The van der Waals surface area contributed by atoms with Crippen molar-refractivity contribution in [2.75, 3.05) is 19.1 Å². The molecule has 0 radical (unpaired) electrons. The topological polar surface area (TPSA) is 9.23 Å². The van der Waals surface area contributed by atoms with Crippen molar-refractivity contribution in [3.8, 4) is 0 Å². The minimum atomic E-state index is 0.493. The van der Waals surface area contributed by atoms with E-state index in [4.69, 9.17) is 16.3 Å². The Kier molecular flexibility index (Phi) is 8.74. The third-order valence-corrected chi connectivity index (χ3v) is 4.21. The maximum Gasteiger partial charge on any atom is 0.0469 e. The molecule has 1 aromatic carbocycles. The molecule has 1 aromatic rings. The van der Waals surface area contributed by atoms with Crippen LogP contribution in [0.5, 0.6) is 0 Å². The molecule has 3 heteroatoms. The Morgan fingerprint density at radius 3 is 2.72 bits per heavy atom. The summed E-state index contributed by atoms with van der Waals surface area (Å²) < 4.78 is 6.78. The summed E-state index contributed by atoms with van der Waals surface area (Å²) in [6.07, 6.45) is 4.39. The number of unbranched alkanes of at least 4 members (excludes halogenated alkanes) is 1. The molecule has 1 atom stereocenters. The first-order valence-corrected chi connectivity index (χ1v) is 7.97. The molecule has 0 aliphatic rings. The monoisotopic (exact) mass is 332 g/mol. The number of alkyl halides is 1. The van der Waals surface area contributed by atoms with E-state index >= 15 is 0 Å². The lowest BCUT2D eigenvalue weighted by molar-refractivity contribution is 0.119. The fourth-order valence-electron chi connectivity index (χ4n) is 1.81. The molecule has 0 amide bonds. The van der Waals surface area contributed by atoms with E-state index in [1.807, 2.05) is 6.07 Å². The Balaban J connectivity index is 2.31. The molecule has 0 fully saturated rings. The van der Waals surface area contributed by atoms with Gasteiger partial charge in [0.2, 0.25) is 0 Å². The summed E-state index contributed by atoms with van der Waals surface area (Å²) in [4.78, 5) is 0. The van der Waals surface area contributed by atoms with Gasteiger partial charge in [0.05, 0.1) is 0 Å². The van der Waals surface area contributed by atoms with Crippen molar-refractivity contribution < 1.29 is 4.74 Å². The molecule has 0 saturated heterocycles. The molecule has 1 unspecified atom stereocenters. The predicted octanol–water partition coefficient (Wildman–Crippen LogP) is 5.05. The van der Waals surface area contributed by atoms with Crippen molar-refractivity contribution in [3.05, 3.63) is 34.3 Å². The molecule has 0 bridgehead atoms. The number of ether oxygens (including phenoxy) is 1. The van der Waals surface area contributed by atoms with Crippen LogP contribution in [-0.4, -0.2) is 19.1 Å². The van der Waals surface area contributed by atoms with Crippen molar-refractivity contribution >= 4 is 27.5 Å². The van der Waals surface area contributed by atoms with Gasteiger partial charge in [-0.2, -0.15) is 0 Å². The maximum atomic E-state index is 6.04. The van der Waals surface area contributed by atoms with E-state index in [0.717, 1.165) is 32.5 Å². The van der Waals surface area contributed by atoms with Crippen LogP contribution in [0, 0.1) is 5.92 Å². The highest BCUT2D eigenvalue weighted by Gasteiger charge is 2.10. The zero-order chi connectivity index (χ0) is 13.2. The molecule has 0 N–H and O–H groups in total. The second-order valence-electron chi connectivity index (χ2n) is 4.57. The van der Waals surface area contributed by atoms with E-state index in [2.05, 4.69) is 41.1 Å². The second kappa shape index (κ2) is 9.82. The largest absolute Gasteiger partial charge is 0.381 e. The average Bonchev–Trinajstić information content (AvgIpc) is 2.39. The van der Waals surface area contributed by atoms with Gasteiger partial charge in [-0.3, -0.25) is 0 Å². The van der Waals surface area contributed by atoms with Crippen LogP contribution in [0.4, 0.5) is 0 Å². The van der Waals surface area contributed by atoms with Gasteiger partial charge in [0.15, 0.2) is 0 Å². The molecule has 1 nitrogen and oxygen atoms in total. The molecule has 1 rings (SSSR count). The van der Waals surface area contributed by atoms with Crippen LogP contribution < -0.4 is 0 Å². The standard InChI is InChI=1S/C15H22BrClO/c1-2-3-9-18-10-8-13(12-17)11-14-6-4-5-7-15(14)16/h4-7,13H,2-3,8-12H2,1H3. The molecule has 0 heterocycles. The van der Waals surface area contributed by atoms with Crippen LogP contribution in [0.1, 0.15) is 31.7 Å². The van der Waals surface area contributed by atoms with E-state index in [1.54, 1.807) is 0 Å². The van der Waals surface area contributed by atoms with Gasteiger partial charge in [-0.1, -0.05) is 47.5 Å². The van der Waals surface area contributed by atoms with Gasteiger partial charge in [-0.05, 0) is 36.8 Å². The van der Waals surface area contributed by atoms with Crippen LogP contribution in [0.3, 0.4) is 0 Å². The predicted molar refractivity (Wildman–Crippen MR) is 82.4 cm³/mol. The van der Waals surface area contributed by atoms with Crippen molar-refractivity contribution in [2.45, 2.75) is 32.6 Å². The number of halogens is 2. The van der Waals surface area contributed by atoms with Gasteiger partial charge in [0.1, 0.15) is 0 Å². The van der Waals surface area contributed by atoms with E-state index in [-0.39, 0.29) is 0 Å². The van der Waals surface area contributed by atoms with Gasteiger partial charge >= 0.3 is 0 Å². The maximum absolute atomic E-state index is 6.04. The van der Waals surface area contributed by atoms with E-state index in [0.29, 0.717) is 11.8 Å². The second-order valence-corrected chi connectivity index (χ2v) is 5.73. The highest BCUT2D eigenvalue weighted by atomic mass is 79.9. The lowest BCUT2D eigenvalue weighted by Gasteiger charge is -2.15. The summed E-state index contributed by atoms with van der Waals surface area (Å²) >= 11 is 9.62. The average molecular weight is 334 g/mol. The Hall–Kier alpha value is -0.0500. The highest BCUT2D eigenvalue weighted by Crippen LogP contribution is 2.21. The summed E-state index contributed by atoms with van der Waals surface area (Å²) in [6.45, 7) is 3.88. The van der Waals surface area contributed by atoms with Crippen molar-refractivity contribution in [3.63, 3.8) is 0 Å². The smallest absolute Gasteiger partial charge is 0.0469 e. The molecule has 0 aromatic heterocycles. The fraction of sp³-hybridized carbons (Fsp3) is 0.600. The van der Waals surface area contributed by atoms with Crippen LogP contribution >= 0.6 is 27.5 Å². The number of hydrogen-bond acceptors (Lipinski definition) is 1. The van der Waals surface area contributed by atoms with Crippen LogP contribution in [0.15, 0.2) is 28.7 Å². The zero-order valence-corrected chi connectivity index (χ0v) is 13.3. The highest BCUT2D eigenvalue weighted by molar-refractivity contribution is 9.10. The zero-order valence-electron chi connectivity index (χ0n) is 11.0. The normalized spacial score (nSPS) is 12.6. The molecule has 102 valence electrons. The van der Waals surface area contributed by atoms with Gasteiger partial charge in [0, 0.05) is 23.6 Å². The molecule has 18 heavy (non-hydrogen) atoms. The summed E-state index contributed by atoms with van der Waals surface area (Å²) in [7, 11) is 0. The summed E-state index contributed by atoms with van der Waals surface area (Å²) in [5.74, 6) is 1.19. The lowest BCUT2D eigenvalue weighted by atomic mass is 9.98. The molecule has 0 aliphatic carbocycles. The molecule has 0 spiro atoms. The Bertz CT molecular complexity index is 330. The third kappa shape index (κ3) is 6.21. The molecule has 0 aliphatic heterocycles. The first kappa shape index (κ1) is 16.0. The summed E-state index contributed by atoms with van der Waals surface area (Å²) in [5.41, 5.74) is 1.33. The first-order valence-electron chi connectivity index (χ1n) is 6.65. The quantitative estimate of drug-likeness (QED) is 0.454. The SMILES string of the molecule is CCCCOCCC(CCl)Cc1ccccc1Br. The van der Waals surface area contributed by atoms with Crippen molar-refractivity contribution in [1.82, 2.24) is 0 Å². The molecule has 0 saturated carbocycles. The Labute approximate surface area is 124 Å². The van der Waals surface area contributed by atoms with Gasteiger partial charge in [-0.15, -0.1) is 11.6 Å². The summed E-state index contributed by atoms with van der Waals surface area (Å²) in [6, 6.07) is 8.35. The van der Waals surface area contributed by atoms with Gasteiger partial charge in [-0.25, -0.2) is 0 Å². The Morgan fingerprint density at radius 2 is 2.06 bits per heavy atom. The first-order chi connectivity index (χ1) is 8.77. The number of benzene rings is 1. The van der Waals surface area contributed by atoms with E-state index < -0.39 is 0 Å². The number of hydrogen-bond donors (Lipinski definition) is 0. The fourth-order valence-corrected chi connectivity index (χ4v) is 2.52. The van der Waals surface area contributed by atoms with Crippen LogP contribution in [0.25, 0.3) is 0 Å². The lowest BCUT2D eigenvalue weighted by Crippen LogP contribution is -2.11. The minimum Gasteiger partial charge on any atom is -0.381 e. The van der Waals surface area contributed by atoms with Crippen LogP contribution in [-0.2, 0) is 11.2 Å². The van der Waals surface area contributed by atoms with Gasteiger partial charge < -0.3 is 4.74 Å². The molecular formula is C15H22BrClO. The van der Waals surface area contributed by atoms with Crippen LogP contribution in [0.2, 0.25) is 0 Å². The van der Waals surface area contributed by atoms with Gasteiger partial charge in [0.25, 0.3) is 0 Å². The van der Waals surface area contributed by atoms with E-state index in [1.165, 1.54) is 16.5 Å².